The maximum absolute atomic E-state index is 12.7. The number of carbonyl (C=O) groups excluding carboxylic acids is 1. The van der Waals surface area contributed by atoms with E-state index < -0.39 is 5.79 Å². The molecule has 0 aromatic rings. The molecular weight excluding hydrogens is 312 g/mol. The number of rotatable bonds is 0. The van der Waals surface area contributed by atoms with E-state index in [1.807, 2.05) is 0 Å². The third-order valence-electron chi connectivity index (χ3n) is 9.16. The topological polar surface area (TPSA) is 35.5 Å². The fourth-order valence-corrected chi connectivity index (χ4v) is 8.01. The molecule has 0 N–H and O–H groups in total. The number of ketones is 1. The lowest BCUT2D eigenvalue weighted by Crippen LogP contribution is -2.62. The summed E-state index contributed by atoms with van der Waals surface area (Å²) < 4.78 is 13.1. The molecule has 0 bridgehead atoms. The first kappa shape index (κ1) is 16.7. The van der Waals surface area contributed by atoms with E-state index in [-0.39, 0.29) is 17.6 Å². The molecule has 5 fully saturated rings. The fourth-order valence-electron chi connectivity index (χ4n) is 8.01. The van der Waals surface area contributed by atoms with Crippen LogP contribution in [0.25, 0.3) is 0 Å². The molecule has 5 aliphatic rings. The zero-order valence-corrected chi connectivity index (χ0v) is 16.3. The summed E-state index contributed by atoms with van der Waals surface area (Å²) in [7, 11) is 0. The SMILES string of the molecule is CC1(C)O[C@@H]2C3C(CC[C@]4(C)C(=O)CCC34)[C@@]3(C)CCCCC3[C@H]2O1. The molecule has 3 heteroatoms. The molecule has 8 atom stereocenters. The van der Waals surface area contributed by atoms with Crippen LogP contribution in [0.1, 0.15) is 79.1 Å². The fraction of sp³-hybridized carbons (Fsp3) is 0.955. The molecule has 4 aliphatic carbocycles. The summed E-state index contributed by atoms with van der Waals surface area (Å²) in [6, 6.07) is 0. The summed E-state index contributed by atoms with van der Waals surface area (Å²) in [6.07, 6.45) is 9.93. The van der Waals surface area contributed by atoms with E-state index in [1.165, 1.54) is 32.1 Å². The molecule has 4 unspecified atom stereocenters. The highest BCUT2D eigenvalue weighted by atomic mass is 16.8. The Kier molecular flexibility index (Phi) is 3.41. The monoisotopic (exact) mass is 346 g/mol. The van der Waals surface area contributed by atoms with Crippen molar-refractivity contribution in [3.05, 3.63) is 0 Å². The van der Waals surface area contributed by atoms with Crippen molar-refractivity contribution < 1.29 is 14.3 Å². The largest absolute Gasteiger partial charge is 0.344 e. The molecule has 25 heavy (non-hydrogen) atoms. The van der Waals surface area contributed by atoms with E-state index in [9.17, 15) is 4.79 Å². The summed E-state index contributed by atoms with van der Waals surface area (Å²) in [4.78, 5) is 12.7. The second-order valence-corrected chi connectivity index (χ2v) is 10.6. The van der Waals surface area contributed by atoms with E-state index in [0.29, 0.717) is 34.9 Å². The molecule has 0 spiro atoms. The Morgan fingerprint density at radius 3 is 2.40 bits per heavy atom. The zero-order valence-electron chi connectivity index (χ0n) is 16.3. The summed E-state index contributed by atoms with van der Waals surface area (Å²) in [6.45, 7) is 8.98. The smallest absolute Gasteiger partial charge is 0.163 e. The number of Topliss-reactive ketones (excluding diaryl/α,β-unsaturated/α-hetero) is 1. The van der Waals surface area contributed by atoms with Gasteiger partial charge in [0.1, 0.15) is 5.78 Å². The Morgan fingerprint density at radius 2 is 1.60 bits per heavy atom. The molecular formula is C22H34O3. The van der Waals surface area contributed by atoms with Crippen LogP contribution in [0.2, 0.25) is 0 Å². The molecule has 5 rings (SSSR count). The second kappa shape index (κ2) is 5.10. The minimum absolute atomic E-state index is 0.0975. The van der Waals surface area contributed by atoms with Gasteiger partial charge in [-0.05, 0) is 75.0 Å². The Labute approximate surface area is 152 Å². The number of hydrogen-bond donors (Lipinski definition) is 0. The molecule has 1 saturated heterocycles. The molecule has 0 aromatic carbocycles. The van der Waals surface area contributed by atoms with E-state index in [4.69, 9.17) is 9.47 Å². The van der Waals surface area contributed by atoms with E-state index >= 15 is 0 Å². The van der Waals surface area contributed by atoms with Gasteiger partial charge in [-0.2, -0.15) is 0 Å². The van der Waals surface area contributed by atoms with Crippen molar-refractivity contribution in [2.75, 3.05) is 0 Å². The van der Waals surface area contributed by atoms with Crippen LogP contribution in [-0.2, 0) is 14.3 Å². The summed E-state index contributed by atoms with van der Waals surface area (Å²) in [5.74, 6) is 2.40. The van der Waals surface area contributed by atoms with Gasteiger partial charge in [0.25, 0.3) is 0 Å². The van der Waals surface area contributed by atoms with Crippen molar-refractivity contribution in [1.29, 1.82) is 0 Å². The van der Waals surface area contributed by atoms with Crippen LogP contribution in [0.4, 0.5) is 0 Å². The maximum atomic E-state index is 12.7. The van der Waals surface area contributed by atoms with E-state index in [2.05, 4.69) is 27.7 Å². The van der Waals surface area contributed by atoms with Crippen molar-refractivity contribution in [3.8, 4) is 0 Å². The average Bonchev–Trinajstić information content (AvgIpc) is 3.03. The lowest BCUT2D eigenvalue weighted by Gasteiger charge is -2.62. The van der Waals surface area contributed by atoms with E-state index in [1.54, 1.807) is 0 Å². The van der Waals surface area contributed by atoms with Crippen LogP contribution in [-0.4, -0.2) is 23.8 Å². The zero-order chi connectivity index (χ0) is 17.6. The van der Waals surface area contributed by atoms with Crippen molar-refractivity contribution in [2.24, 2.45) is 34.5 Å². The van der Waals surface area contributed by atoms with Gasteiger partial charge in [-0.3, -0.25) is 4.79 Å². The first-order valence-electron chi connectivity index (χ1n) is 10.7. The standard InChI is InChI=1S/C22H34O3/c1-20(2)24-18-15-7-5-6-11-21(15,3)14-10-12-22(4)13(8-9-16(22)23)17(14)19(18)25-20/h13-15,17-19H,5-12H2,1-4H3/t13?,14?,15?,17?,18-,19-,21-,22+/m1/s1. The predicted octanol–water partition coefficient (Wildman–Crippen LogP) is 4.73. The van der Waals surface area contributed by atoms with Crippen LogP contribution in [0, 0.1) is 34.5 Å². The summed E-state index contributed by atoms with van der Waals surface area (Å²) in [5, 5.41) is 0. The Bertz CT molecular complexity index is 598. The van der Waals surface area contributed by atoms with Crippen molar-refractivity contribution >= 4 is 5.78 Å². The minimum atomic E-state index is -0.473. The summed E-state index contributed by atoms with van der Waals surface area (Å²) >= 11 is 0. The number of carbonyl (C=O) groups is 1. The van der Waals surface area contributed by atoms with Crippen molar-refractivity contribution in [2.45, 2.75) is 97.1 Å². The number of ether oxygens (including phenoxy) is 2. The van der Waals surface area contributed by atoms with E-state index in [0.717, 1.165) is 19.3 Å². The highest BCUT2D eigenvalue weighted by Gasteiger charge is 2.68. The molecule has 0 aromatic heterocycles. The molecule has 3 nitrogen and oxygen atoms in total. The Hall–Kier alpha value is -0.410. The first-order valence-corrected chi connectivity index (χ1v) is 10.7. The third-order valence-corrected chi connectivity index (χ3v) is 9.16. The number of hydrogen-bond acceptors (Lipinski definition) is 3. The highest BCUT2D eigenvalue weighted by molar-refractivity contribution is 5.87. The number of fused-ring (bicyclic) bond motifs is 8. The molecule has 0 radical (unpaired) electrons. The molecule has 140 valence electrons. The quantitative estimate of drug-likeness (QED) is 0.636. The Balaban J connectivity index is 1.60. The molecule has 1 aliphatic heterocycles. The van der Waals surface area contributed by atoms with Gasteiger partial charge in [-0.25, -0.2) is 0 Å². The van der Waals surface area contributed by atoms with Gasteiger partial charge in [0.2, 0.25) is 0 Å². The van der Waals surface area contributed by atoms with Crippen LogP contribution in [0.15, 0.2) is 0 Å². The van der Waals surface area contributed by atoms with Crippen LogP contribution >= 0.6 is 0 Å². The van der Waals surface area contributed by atoms with Gasteiger partial charge < -0.3 is 9.47 Å². The second-order valence-electron chi connectivity index (χ2n) is 10.6. The average molecular weight is 347 g/mol. The van der Waals surface area contributed by atoms with Crippen LogP contribution in [0.5, 0.6) is 0 Å². The van der Waals surface area contributed by atoms with Gasteiger partial charge in [-0.15, -0.1) is 0 Å². The van der Waals surface area contributed by atoms with Gasteiger partial charge >= 0.3 is 0 Å². The summed E-state index contributed by atoms with van der Waals surface area (Å²) in [5.41, 5.74) is 0.278. The van der Waals surface area contributed by atoms with Gasteiger partial charge in [0.15, 0.2) is 5.79 Å². The van der Waals surface area contributed by atoms with Gasteiger partial charge in [-0.1, -0.05) is 26.7 Å². The molecule has 4 saturated carbocycles. The Morgan fingerprint density at radius 1 is 0.840 bits per heavy atom. The predicted molar refractivity (Wildman–Crippen MR) is 95.9 cm³/mol. The lowest BCUT2D eigenvalue weighted by atomic mass is 9.44. The van der Waals surface area contributed by atoms with Gasteiger partial charge in [0, 0.05) is 11.8 Å². The van der Waals surface area contributed by atoms with Crippen LogP contribution < -0.4 is 0 Å². The van der Waals surface area contributed by atoms with Gasteiger partial charge in [0.05, 0.1) is 12.2 Å². The highest BCUT2D eigenvalue weighted by Crippen LogP contribution is 2.67. The third kappa shape index (κ3) is 2.09. The first-order chi connectivity index (χ1) is 11.8. The minimum Gasteiger partial charge on any atom is -0.344 e. The van der Waals surface area contributed by atoms with Crippen molar-refractivity contribution in [1.82, 2.24) is 0 Å². The van der Waals surface area contributed by atoms with Crippen molar-refractivity contribution in [3.63, 3.8) is 0 Å². The molecule has 0 amide bonds. The maximum Gasteiger partial charge on any atom is 0.163 e. The van der Waals surface area contributed by atoms with Crippen LogP contribution in [0.3, 0.4) is 0 Å². The normalized spacial score (nSPS) is 56.7. The lowest BCUT2D eigenvalue weighted by molar-refractivity contribution is -0.177. The molecule has 1 heterocycles.